The van der Waals surface area contributed by atoms with Crippen molar-refractivity contribution in [3.05, 3.63) is 15.4 Å². The SMILES string of the molecule is O=C(O)CCCS(=O)(=O)Nc1ncc(Br)nc1Br. The van der Waals surface area contributed by atoms with Crippen LogP contribution in [0.1, 0.15) is 12.8 Å². The molecule has 1 rings (SSSR count). The van der Waals surface area contributed by atoms with Crippen LogP contribution in [-0.2, 0) is 14.8 Å². The number of anilines is 1. The Labute approximate surface area is 120 Å². The molecule has 0 radical (unpaired) electrons. The number of nitrogens with zero attached hydrogens (tertiary/aromatic N) is 2. The summed E-state index contributed by atoms with van der Waals surface area (Å²) in [6, 6.07) is 0. The molecular formula is C8H9Br2N3O4S. The van der Waals surface area contributed by atoms with Crippen molar-refractivity contribution in [3.8, 4) is 0 Å². The third-order valence-corrected chi connectivity index (χ3v) is 4.02. The first kappa shape index (κ1) is 15.3. The van der Waals surface area contributed by atoms with E-state index < -0.39 is 16.0 Å². The molecule has 0 bridgehead atoms. The molecule has 10 heteroatoms. The van der Waals surface area contributed by atoms with E-state index >= 15 is 0 Å². The van der Waals surface area contributed by atoms with Gasteiger partial charge in [0.25, 0.3) is 0 Å². The maximum absolute atomic E-state index is 11.6. The Hall–Kier alpha value is -0.740. The zero-order valence-electron chi connectivity index (χ0n) is 8.93. The quantitative estimate of drug-likeness (QED) is 0.747. The van der Waals surface area contributed by atoms with Gasteiger partial charge in [0.15, 0.2) is 10.4 Å². The van der Waals surface area contributed by atoms with E-state index in [1.165, 1.54) is 6.20 Å². The lowest BCUT2D eigenvalue weighted by atomic mass is 10.3. The van der Waals surface area contributed by atoms with Crippen molar-refractivity contribution >= 4 is 53.7 Å². The third-order valence-electron chi connectivity index (χ3n) is 1.76. The molecule has 0 saturated heterocycles. The lowest BCUT2D eigenvalue weighted by Crippen LogP contribution is -2.18. The van der Waals surface area contributed by atoms with Gasteiger partial charge in [-0.25, -0.2) is 18.4 Å². The smallest absolute Gasteiger partial charge is 0.303 e. The minimum Gasteiger partial charge on any atom is -0.481 e. The van der Waals surface area contributed by atoms with E-state index in [0.29, 0.717) is 4.60 Å². The van der Waals surface area contributed by atoms with Crippen LogP contribution in [0.2, 0.25) is 0 Å². The molecule has 0 saturated carbocycles. The summed E-state index contributed by atoms with van der Waals surface area (Å²) in [5.74, 6) is -1.26. The predicted molar refractivity (Wildman–Crippen MR) is 71.7 cm³/mol. The van der Waals surface area contributed by atoms with E-state index in [1.807, 2.05) is 0 Å². The van der Waals surface area contributed by atoms with Gasteiger partial charge in [-0.05, 0) is 38.3 Å². The molecule has 1 aromatic heterocycles. The molecule has 2 N–H and O–H groups in total. The summed E-state index contributed by atoms with van der Waals surface area (Å²) in [4.78, 5) is 18.0. The molecule has 0 aliphatic heterocycles. The van der Waals surface area contributed by atoms with Crippen molar-refractivity contribution in [2.45, 2.75) is 12.8 Å². The highest BCUT2D eigenvalue weighted by atomic mass is 79.9. The molecule has 0 aliphatic carbocycles. The highest BCUT2D eigenvalue weighted by Crippen LogP contribution is 2.20. The molecule has 1 heterocycles. The second-order valence-electron chi connectivity index (χ2n) is 3.25. The lowest BCUT2D eigenvalue weighted by Gasteiger charge is -2.07. The van der Waals surface area contributed by atoms with Crippen molar-refractivity contribution in [3.63, 3.8) is 0 Å². The average molecular weight is 403 g/mol. The summed E-state index contributed by atoms with van der Waals surface area (Å²) in [6.07, 6.45) is 1.18. The van der Waals surface area contributed by atoms with Gasteiger partial charge in [0.1, 0.15) is 4.60 Å². The van der Waals surface area contributed by atoms with Crippen LogP contribution in [0, 0.1) is 0 Å². The topological polar surface area (TPSA) is 109 Å². The molecule has 100 valence electrons. The van der Waals surface area contributed by atoms with Gasteiger partial charge in [0.2, 0.25) is 10.0 Å². The fraction of sp³-hybridized carbons (Fsp3) is 0.375. The number of aromatic nitrogens is 2. The van der Waals surface area contributed by atoms with Crippen LogP contribution in [0.5, 0.6) is 0 Å². The number of carboxylic acids is 1. The number of sulfonamides is 1. The fourth-order valence-electron chi connectivity index (χ4n) is 1.03. The Balaban J connectivity index is 2.67. The van der Waals surface area contributed by atoms with E-state index in [9.17, 15) is 13.2 Å². The summed E-state index contributed by atoms with van der Waals surface area (Å²) in [7, 11) is -3.63. The molecule has 0 unspecified atom stereocenters. The summed E-state index contributed by atoms with van der Waals surface area (Å²) >= 11 is 6.15. The molecule has 0 aliphatic rings. The van der Waals surface area contributed by atoms with Crippen LogP contribution in [0.4, 0.5) is 5.82 Å². The largest absolute Gasteiger partial charge is 0.481 e. The maximum Gasteiger partial charge on any atom is 0.303 e. The summed E-state index contributed by atoms with van der Waals surface area (Å²) in [5.41, 5.74) is 0. The van der Waals surface area contributed by atoms with Crippen LogP contribution >= 0.6 is 31.9 Å². The van der Waals surface area contributed by atoms with Gasteiger partial charge in [-0.15, -0.1) is 0 Å². The van der Waals surface area contributed by atoms with E-state index in [0.717, 1.165) is 0 Å². The summed E-state index contributed by atoms with van der Waals surface area (Å²) in [6.45, 7) is 0. The maximum atomic E-state index is 11.6. The lowest BCUT2D eigenvalue weighted by molar-refractivity contribution is -0.137. The van der Waals surface area contributed by atoms with Crippen molar-refractivity contribution in [2.24, 2.45) is 0 Å². The van der Waals surface area contributed by atoms with Crippen molar-refractivity contribution < 1.29 is 18.3 Å². The molecule has 0 spiro atoms. The molecule has 0 amide bonds. The second-order valence-corrected chi connectivity index (χ2v) is 6.66. The van der Waals surface area contributed by atoms with Gasteiger partial charge >= 0.3 is 5.97 Å². The number of halogens is 2. The van der Waals surface area contributed by atoms with Crippen LogP contribution in [0.15, 0.2) is 15.4 Å². The number of aliphatic carboxylic acids is 1. The molecule has 18 heavy (non-hydrogen) atoms. The zero-order valence-corrected chi connectivity index (χ0v) is 12.9. The van der Waals surface area contributed by atoms with Crippen molar-refractivity contribution in [1.82, 2.24) is 9.97 Å². The highest BCUT2D eigenvalue weighted by molar-refractivity contribution is 9.11. The van der Waals surface area contributed by atoms with E-state index in [2.05, 4.69) is 46.5 Å². The van der Waals surface area contributed by atoms with Gasteiger partial charge in [0.05, 0.1) is 11.9 Å². The monoisotopic (exact) mass is 401 g/mol. The van der Waals surface area contributed by atoms with E-state index in [-0.39, 0.29) is 29.0 Å². The van der Waals surface area contributed by atoms with Crippen LogP contribution < -0.4 is 4.72 Å². The molecule has 0 fully saturated rings. The summed E-state index contributed by atoms with van der Waals surface area (Å²) in [5, 5.41) is 8.42. The first-order valence-electron chi connectivity index (χ1n) is 4.70. The number of nitrogens with one attached hydrogen (secondary N) is 1. The van der Waals surface area contributed by atoms with Gasteiger partial charge in [-0.3, -0.25) is 9.52 Å². The minimum atomic E-state index is -3.63. The Morgan fingerprint density at radius 1 is 1.44 bits per heavy atom. The normalized spacial score (nSPS) is 11.2. The van der Waals surface area contributed by atoms with Crippen molar-refractivity contribution in [1.29, 1.82) is 0 Å². The van der Waals surface area contributed by atoms with E-state index in [1.54, 1.807) is 0 Å². The molecule has 0 atom stereocenters. The number of carboxylic acid groups (broad SMARTS) is 1. The first-order valence-corrected chi connectivity index (χ1v) is 7.94. The molecule has 1 aromatic rings. The number of hydrogen-bond acceptors (Lipinski definition) is 5. The number of hydrogen-bond donors (Lipinski definition) is 2. The predicted octanol–water partition coefficient (Wildman–Crippen LogP) is 1.61. The van der Waals surface area contributed by atoms with Gasteiger partial charge in [-0.2, -0.15) is 0 Å². The highest BCUT2D eigenvalue weighted by Gasteiger charge is 2.14. The second kappa shape index (κ2) is 6.43. The Morgan fingerprint density at radius 2 is 2.11 bits per heavy atom. The zero-order chi connectivity index (χ0) is 13.8. The Bertz CT molecular complexity index is 549. The fourth-order valence-corrected chi connectivity index (χ4v) is 3.14. The molecular weight excluding hydrogens is 394 g/mol. The Kier molecular flexibility index (Phi) is 5.47. The van der Waals surface area contributed by atoms with Crippen LogP contribution in [0.3, 0.4) is 0 Å². The third kappa shape index (κ3) is 5.27. The first-order chi connectivity index (χ1) is 8.30. The van der Waals surface area contributed by atoms with Crippen LogP contribution in [0.25, 0.3) is 0 Å². The van der Waals surface area contributed by atoms with Crippen molar-refractivity contribution in [2.75, 3.05) is 10.5 Å². The van der Waals surface area contributed by atoms with E-state index in [4.69, 9.17) is 5.11 Å². The van der Waals surface area contributed by atoms with Crippen LogP contribution in [-0.4, -0.2) is 35.2 Å². The average Bonchev–Trinajstić information content (AvgIpc) is 2.21. The molecule has 0 aromatic carbocycles. The number of rotatable bonds is 6. The summed E-state index contributed by atoms with van der Waals surface area (Å²) < 4.78 is 26.2. The Morgan fingerprint density at radius 3 is 2.67 bits per heavy atom. The minimum absolute atomic E-state index is 0.0340. The van der Waals surface area contributed by atoms with Gasteiger partial charge < -0.3 is 5.11 Å². The molecule has 7 nitrogen and oxygen atoms in total. The van der Waals surface area contributed by atoms with Gasteiger partial charge in [0, 0.05) is 6.42 Å². The number of carbonyl (C=O) groups is 1. The van der Waals surface area contributed by atoms with Gasteiger partial charge in [-0.1, -0.05) is 0 Å². The standard InChI is InChI=1S/C8H9Br2N3O4S/c9-5-4-11-8(7(10)12-5)13-18(16,17)3-1-2-6(14)15/h4H,1-3H2,(H,11,13)(H,14,15).